The van der Waals surface area contributed by atoms with Crippen molar-refractivity contribution in [2.75, 3.05) is 39.0 Å². The topological polar surface area (TPSA) is 75.7 Å². The molecule has 2 saturated heterocycles. The fraction of sp³-hybridized carbons (Fsp3) is 0.562. The summed E-state index contributed by atoms with van der Waals surface area (Å²) >= 11 is 0. The van der Waals surface area contributed by atoms with E-state index in [0.717, 1.165) is 24.9 Å². The number of amides is 1. The number of morpholine rings is 1. The molecule has 3 rings (SSSR count). The molecule has 1 spiro atoms. The minimum Gasteiger partial charge on any atom is -0.369 e. The van der Waals surface area contributed by atoms with E-state index in [1.807, 2.05) is 6.92 Å². The second kappa shape index (κ2) is 5.89. The van der Waals surface area contributed by atoms with Gasteiger partial charge in [0.2, 0.25) is 0 Å². The average Bonchev–Trinajstić information content (AvgIpc) is 2.51. The third-order valence-corrected chi connectivity index (χ3v) is 5.66. The largest absolute Gasteiger partial charge is 0.369 e. The predicted octanol–water partition coefficient (Wildman–Crippen LogP) is 0.467. The van der Waals surface area contributed by atoms with Crippen LogP contribution in [0.5, 0.6) is 0 Å². The summed E-state index contributed by atoms with van der Waals surface area (Å²) in [7, 11) is -3.34. The van der Waals surface area contributed by atoms with Crippen LogP contribution in [0.3, 0.4) is 0 Å². The third kappa shape index (κ3) is 3.13. The molecule has 0 aliphatic carbocycles. The minimum atomic E-state index is -3.34. The number of sulfone groups is 1. The van der Waals surface area contributed by atoms with Gasteiger partial charge in [0, 0.05) is 31.5 Å². The molecule has 23 heavy (non-hydrogen) atoms. The molecule has 0 saturated carbocycles. The van der Waals surface area contributed by atoms with Gasteiger partial charge in [0.05, 0.1) is 18.0 Å². The maximum Gasteiger partial charge on any atom is 0.254 e. The molecule has 0 bridgehead atoms. The van der Waals surface area contributed by atoms with Crippen LogP contribution in [-0.4, -0.2) is 63.9 Å². The zero-order valence-electron chi connectivity index (χ0n) is 13.5. The molecule has 0 radical (unpaired) electrons. The Hall–Kier alpha value is -1.44. The molecular weight excluding hydrogens is 316 g/mol. The Balaban J connectivity index is 1.91. The van der Waals surface area contributed by atoms with Gasteiger partial charge in [0.25, 0.3) is 5.91 Å². The van der Waals surface area contributed by atoms with Gasteiger partial charge in [-0.1, -0.05) is 13.0 Å². The van der Waals surface area contributed by atoms with Crippen LogP contribution in [-0.2, 0) is 21.0 Å². The lowest BCUT2D eigenvalue weighted by molar-refractivity contribution is -0.126. The highest BCUT2D eigenvalue weighted by Crippen LogP contribution is 2.25. The number of carbonyl (C=O) groups is 1. The summed E-state index contributed by atoms with van der Waals surface area (Å²) in [4.78, 5) is 14.9. The molecule has 0 unspecified atom stereocenters. The number of nitrogens with one attached hydrogen (secondary N) is 1. The average molecular weight is 338 g/mol. The summed E-state index contributed by atoms with van der Waals surface area (Å²) in [5, 5.41) is 3.18. The standard InChI is InChI=1S/C16H22N2O4S/c1-3-12-4-5-13(23(2,20)21)8-14(12)15(19)18-6-7-22-16(11-18)9-17-10-16/h4-5,8,17H,3,6-7,9-11H2,1-2H3. The maximum absolute atomic E-state index is 12.9. The molecule has 1 aromatic carbocycles. The van der Waals surface area contributed by atoms with Gasteiger partial charge in [0.15, 0.2) is 9.84 Å². The lowest BCUT2D eigenvalue weighted by Crippen LogP contribution is -2.69. The highest BCUT2D eigenvalue weighted by Gasteiger charge is 2.43. The van der Waals surface area contributed by atoms with Crippen molar-refractivity contribution in [1.29, 1.82) is 0 Å². The number of nitrogens with zero attached hydrogens (tertiary/aromatic N) is 1. The van der Waals surface area contributed by atoms with Gasteiger partial charge >= 0.3 is 0 Å². The van der Waals surface area contributed by atoms with Crippen LogP contribution >= 0.6 is 0 Å². The van der Waals surface area contributed by atoms with Crippen molar-refractivity contribution in [1.82, 2.24) is 10.2 Å². The molecule has 7 heteroatoms. The van der Waals surface area contributed by atoms with Gasteiger partial charge in [-0.3, -0.25) is 4.79 Å². The van der Waals surface area contributed by atoms with Crippen molar-refractivity contribution in [2.45, 2.75) is 23.8 Å². The fourth-order valence-electron chi connectivity index (χ4n) is 3.10. The number of rotatable bonds is 3. The molecule has 2 heterocycles. The minimum absolute atomic E-state index is 0.109. The van der Waals surface area contributed by atoms with Crippen LogP contribution in [0.1, 0.15) is 22.8 Å². The monoisotopic (exact) mass is 338 g/mol. The molecule has 0 aromatic heterocycles. The lowest BCUT2D eigenvalue weighted by Gasteiger charge is -2.48. The van der Waals surface area contributed by atoms with E-state index in [1.54, 1.807) is 17.0 Å². The van der Waals surface area contributed by atoms with Gasteiger partial charge < -0.3 is 15.0 Å². The van der Waals surface area contributed by atoms with Crippen molar-refractivity contribution >= 4 is 15.7 Å². The SMILES string of the molecule is CCc1ccc(S(C)(=O)=O)cc1C(=O)N1CCOC2(CNC2)C1. The summed E-state index contributed by atoms with van der Waals surface area (Å²) in [5.41, 5.74) is 1.09. The zero-order valence-corrected chi connectivity index (χ0v) is 14.3. The molecule has 2 aliphatic rings. The van der Waals surface area contributed by atoms with E-state index in [2.05, 4.69) is 5.32 Å². The van der Waals surface area contributed by atoms with E-state index in [0.29, 0.717) is 31.7 Å². The molecular formula is C16H22N2O4S. The second-order valence-electron chi connectivity index (χ2n) is 6.31. The van der Waals surface area contributed by atoms with Gasteiger partial charge in [-0.15, -0.1) is 0 Å². The maximum atomic E-state index is 12.9. The van der Waals surface area contributed by atoms with E-state index >= 15 is 0 Å². The number of aryl methyl sites for hydroxylation is 1. The Kier molecular flexibility index (Phi) is 4.20. The van der Waals surface area contributed by atoms with Crippen LogP contribution < -0.4 is 5.32 Å². The molecule has 1 aromatic rings. The van der Waals surface area contributed by atoms with Crippen LogP contribution in [0.15, 0.2) is 23.1 Å². The Morgan fingerprint density at radius 1 is 1.39 bits per heavy atom. The first-order valence-electron chi connectivity index (χ1n) is 7.82. The predicted molar refractivity (Wildman–Crippen MR) is 86.4 cm³/mol. The van der Waals surface area contributed by atoms with Crippen LogP contribution in [0, 0.1) is 0 Å². The zero-order chi connectivity index (χ0) is 16.7. The van der Waals surface area contributed by atoms with Crippen molar-refractivity contribution < 1.29 is 17.9 Å². The molecule has 0 atom stereocenters. The summed E-state index contributed by atoms with van der Waals surface area (Å²) in [6.45, 7) is 5.06. The van der Waals surface area contributed by atoms with E-state index in [1.165, 1.54) is 6.07 Å². The van der Waals surface area contributed by atoms with Crippen LogP contribution in [0.25, 0.3) is 0 Å². The first kappa shape index (κ1) is 16.4. The highest BCUT2D eigenvalue weighted by molar-refractivity contribution is 7.90. The van der Waals surface area contributed by atoms with Gasteiger partial charge in [-0.05, 0) is 24.1 Å². The first-order chi connectivity index (χ1) is 10.8. The Labute approximate surface area is 136 Å². The summed E-state index contributed by atoms with van der Waals surface area (Å²) in [5.74, 6) is -0.109. The summed E-state index contributed by atoms with van der Waals surface area (Å²) < 4.78 is 29.4. The number of hydrogen-bond donors (Lipinski definition) is 1. The third-order valence-electron chi connectivity index (χ3n) is 4.55. The van der Waals surface area contributed by atoms with Crippen LogP contribution in [0.4, 0.5) is 0 Å². The highest BCUT2D eigenvalue weighted by atomic mass is 32.2. The molecule has 6 nitrogen and oxygen atoms in total. The normalized spacial score (nSPS) is 20.3. The number of ether oxygens (including phenoxy) is 1. The first-order valence-corrected chi connectivity index (χ1v) is 9.71. The number of carbonyl (C=O) groups excluding carboxylic acids is 1. The van der Waals surface area contributed by atoms with Gasteiger partial charge in [0.1, 0.15) is 5.60 Å². The Morgan fingerprint density at radius 2 is 2.13 bits per heavy atom. The second-order valence-corrected chi connectivity index (χ2v) is 8.32. The molecule has 1 amide bonds. The number of benzene rings is 1. The molecule has 1 N–H and O–H groups in total. The Morgan fingerprint density at radius 3 is 2.70 bits per heavy atom. The molecule has 2 aliphatic heterocycles. The van der Waals surface area contributed by atoms with Crippen molar-refractivity contribution in [2.24, 2.45) is 0 Å². The van der Waals surface area contributed by atoms with E-state index in [9.17, 15) is 13.2 Å². The van der Waals surface area contributed by atoms with Gasteiger partial charge in [-0.2, -0.15) is 0 Å². The van der Waals surface area contributed by atoms with Crippen molar-refractivity contribution in [3.63, 3.8) is 0 Å². The van der Waals surface area contributed by atoms with Crippen molar-refractivity contribution in [3.05, 3.63) is 29.3 Å². The molecule has 2 fully saturated rings. The summed E-state index contributed by atoms with van der Waals surface area (Å²) in [6, 6.07) is 4.82. The smallest absolute Gasteiger partial charge is 0.254 e. The fourth-order valence-corrected chi connectivity index (χ4v) is 3.75. The van der Waals surface area contributed by atoms with E-state index in [-0.39, 0.29) is 16.4 Å². The quantitative estimate of drug-likeness (QED) is 0.867. The summed E-state index contributed by atoms with van der Waals surface area (Å²) in [6.07, 6.45) is 1.84. The van der Waals surface area contributed by atoms with Gasteiger partial charge in [-0.25, -0.2) is 8.42 Å². The number of hydrogen-bond acceptors (Lipinski definition) is 5. The van der Waals surface area contributed by atoms with Crippen molar-refractivity contribution in [3.8, 4) is 0 Å². The van der Waals surface area contributed by atoms with E-state index < -0.39 is 9.84 Å². The van der Waals surface area contributed by atoms with E-state index in [4.69, 9.17) is 4.74 Å². The Bertz CT molecular complexity index is 726. The van der Waals surface area contributed by atoms with Crippen LogP contribution in [0.2, 0.25) is 0 Å². The lowest BCUT2D eigenvalue weighted by atomic mass is 9.94. The molecule has 126 valence electrons.